The highest BCUT2D eigenvalue weighted by Gasteiger charge is 2.25. The second-order valence-corrected chi connectivity index (χ2v) is 6.24. The molecule has 156 valence electrons. The number of hydrogen-bond acceptors (Lipinski definition) is 4. The predicted molar refractivity (Wildman–Crippen MR) is 101 cm³/mol. The van der Waals surface area contributed by atoms with Gasteiger partial charge in [-0.15, -0.1) is 0 Å². The van der Waals surface area contributed by atoms with Gasteiger partial charge in [0.2, 0.25) is 5.82 Å². The van der Waals surface area contributed by atoms with E-state index >= 15 is 0 Å². The molecule has 0 unspecified atom stereocenters. The molecule has 0 radical (unpaired) electrons. The van der Waals surface area contributed by atoms with Gasteiger partial charge in [-0.25, -0.2) is 22.0 Å². The summed E-state index contributed by atoms with van der Waals surface area (Å²) in [5.41, 5.74) is -0.696. The summed E-state index contributed by atoms with van der Waals surface area (Å²) < 4.78 is 68.2. The molecule has 0 bridgehead atoms. The number of rotatable bonds is 5. The molecular formula is C17H10F5N5O2S. The molecule has 0 fully saturated rings. The van der Waals surface area contributed by atoms with Crippen LogP contribution in [0, 0.1) is 39.2 Å². The Morgan fingerprint density at radius 3 is 2.10 bits per heavy atom. The number of nitrogens with zero attached hydrogens (tertiary/aromatic N) is 3. The average Bonchev–Trinajstić information content (AvgIpc) is 3.15. The van der Waals surface area contributed by atoms with Crippen LogP contribution in [0.4, 0.5) is 39.1 Å². The molecule has 30 heavy (non-hydrogen) atoms. The molecule has 1 aromatic heterocycles. The highest BCUT2D eigenvalue weighted by Crippen LogP contribution is 2.24. The lowest BCUT2D eigenvalue weighted by Crippen LogP contribution is -2.19. The monoisotopic (exact) mass is 443 g/mol. The van der Waals surface area contributed by atoms with Gasteiger partial charge in [-0.2, -0.15) is 5.10 Å². The van der Waals surface area contributed by atoms with Crippen LogP contribution in [0.5, 0.6) is 0 Å². The lowest BCUT2D eigenvalue weighted by atomic mass is 10.1. The van der Waals surface area contributed by atoms with Crippen molar-refractivity contribution in [1.29, 1.82) is 0 Å². The minimum Gasteiger partial charge on any atom is -0.332 e. The molecule has 0 saturated heterocycles. The van der Waals surface area contributed by atoms with E-state index in [0.29, 0.717) is 5.69 Å². The number of halogens is 5. The fourth-order valence-corrected chi connectivity index (χ4v) is 2.64. The summed E-state index contributed by atoms with van der Waals surface area (Å²) in [6.07, 6.45) is 1.24. The van der Waals surface area contributed by atoms with Gasteiger partial charge in [0.1, 0.15) is 0 Å². The molecule has 0 atom stereocenters. The number of aromatic nitrogens is 2. The Hall–Kier alpha value is -3.61. The molecule has 2 N–H and O–H groups in total. The third kappa shape index (κ3) is 4.35. The number of hydrogen-bond donors (Lipinski definition) is 2. The van der Waals surface area contributed by atoms with Crippen molar-refractivity contribution in [2.45, 2.75) is 6.54 Å². The molecule has 0 aliphatic rings. The van der Waals surface area contributed by atoms with E-state index in [-0.39, 0.29) is 16.6 Å². The standard InChI is InChI=1S/C17H10F5N5O2S/c18-12-10(13(19)15(21)16(22)14(12)20)7-26-6-5-11(25-26)24-17(30)23-8-1-3-9(4-2-8)27(28)29/h1-6H,7H2,(H2,23,24,25,30). The summed E-state index contributed by atoms with van der Waals surface area (Å²) >= 11 is 5.07. The van der Waals surface area contributed by atoms with Crippen molar-refractivity contribution >= 4 is 34.5 Å². The third-order valence-corrected chi connectivity index (χ3v) is 4.04. The number of benzene rings is 2. The van der Waals surface area contributed by atoms with Gasteiger partial charge in [-0.05, 0) is 24.4 Å². The van der Waals surface area contributed by atoms with Crippen molar-refractivity contribution in [3.63, 3.8) is 0 Å². The Balaban J connectivity index is 1.68. The van der Waals surface area contributed by atoms with Crippen molar-refractivity contribution in [2.24, 2.45) is 0 Å². The van der Waals surface area contributed by atoms with E-state index < -0.39 is 46.1 Å². The summed E-state index contributed by atoms with van der Waals surface area (Å²) in [5, 5.41) is 20.0. The lowest BCUT2D eigenvalue weighted by molar-refractivity contribution is -0.384. The van der Waals surface area contributed by atoms with E-state index in [4.69, 9.17) is 12.2 Å². The highest BCUT2D eigenvalue weighted by atomic mass is 32.1. The van der Waals surface area contributed by atoms with Crippen molar-refractivity contribution in [1.82, 2.24) is 9.78 Å². The van der Waals surface area contributed by atoms with E-state index in [0.717, 1.165) is 4.68 Å². The predicted octanol–water partition coefficient (Wildman–Crippen LogP) is 4.34. The molecule has 2 aromatic carbocycles. The van der Waals surface area contributed by atoms with Crippen LogP contribution >= 0.6 is 12.2 Å². The molecule has 13 heteroatoms. The summed E-state index contributed by atoms with van der Waals surface area (Å²) in [6, 6.07) is 6.74. The van der Waals surface area contributed by atoms with Gasteiger partial charge in [0.05, 0.1) is 17.0 Å². The zero-order valence-corrected chi connectivity index (χ0v) is 15.4. The Morgan fingerprint density at radius 2 is 1.53 bits per heavy atom. The molecular weight excluding hydrogens is 433 g/mol. The van der Waals surface area contributed by atoms with Crippen LogP contribution < -0.4 is 10.6 Å². The number of anilines is 2. The van der Waals surface area contributed by atoms with E-state index in [1.807, 2.05) is 0 Å². The first kappa shape index (κ1) is 21.1. The Kier molecular flexibility index (Phi) is 5.91. The van der Waals surface area contributed by atoms with Crippen LogP contribution in [-0.2, 0) is 6.54 Å². The summed E-state index contributed by atoms with van der Waals surface area (Å²) in [5.74, 6) is -10.1. The van der Waals surface area contributed by atoms with Crippen LogP contribution in [-0.4, -0.2) is 19.8 Å². The van der Waals surface area contributed by atoms with Gasteiger partial charge in [-0.1, -0.05) is 0 Å². The molecule has 0 saturated carbocycles. The second-order valence-electron chi connectivity index (χ2n) is 5.83. The first-order chi connectivity index (χ1) is 14.2. The maximum atomic E-state index is 13.8. The number of non-ortho nitro benzene ring substituents is 1. The van der Waals surface area contributed by atoms with E-state index in [9.17, 15) is 32.1 Å². The van der Waals surface area contributed by atoms with Crippen LogP contribution in [0.1, 0.15) is 5.56 Å². The first-order valence-electron chi connectivity index (χ1n) is 8.03. The number of nitrogens with one attached hydrogen (secondary N) is 2. The van der Waals surface area contributed by atoms with Crippen molar-refractivity contribution in [3.8, 4) is 0 Å². The molecule has 3 aromatic rings. The maximum Gasteiger partial charge on any atom is 0.269 e. The quantitative estimate of drug-likeness (QED) is 0.152. The van der Waals surface area contributed by atoms with E-state index in [2.05, 4.69) is 15.7 Å². The fraction of sp³-hybridized carbons (Fsp3) is 0.0588. The third-order valence-electron chi connectivity index (χ3n) is 3.84. The Labute approximate surface area is 170 Å². The Bertz CT molecular complexity index is 1110. The minimum atomic E-state index is -2.24. The smallest absolute Gasteiger partial charge is 0.269 e. The van der Waals surface area contributed by atoms with Gasteiger partial charge in [-0.3, -0.25) is 14.8 Å². The normalized spacial score (nSPS) is 10.7. The van der Waals surface area contributed by atoms with Crippen molar-refractivity contribution in [3.05, 3.63) is 81.3 Å². The van der Waals surface area contributed by atoms with Crippen molar-refractivity contribution < 1.29 is 26.9 Å². The van der Waals surface area contributed by atoms with Crippen LogP contribution in [0.3, 0.4) is 0 Å². The summed E-state index contributed by atoms with van der Waals surface area (Å²) in [6.45, 7) is -0.712. The molecule has 1 heterocycles. The minimum absolute atomic E-state index is 0.0466. The van der Waals surface area contributed by atoms with Crippen LogP contribution in [0.2, 0.25) is 0 Å². The molecule has 0 aliphatic carbocycles. The van der Waals surface area contributed by atoms with Gasteiger partial charge in [0.25, 0.3) is 5.69 Å². The van der Waals surface area contributed by atoms with Crippen LogP contribution in [0.15, 0.2) is 36.5 Å². The fourth-order valence-electron chi connectivity index (χ4n) is 2.41. The molecule has 7 nitrogen and oxygen atoms in total. The Morgan fingerprint density at radius 1 is 0.967 bits per heavy atom. The number of nitro groups is 1. The second kappa shape index (κ2) is 8.41. The molecule has 0 amide bonds. The topological polar surface area (TPSA) is 85.0 Å². The first-order valence-corrected chi connectivity index (χ1v) is 8.44. The molecule has 3 rings (SSSR count). The van der Waals surface area contributed by atoms with Gasteiger partial charge >= 0.3 is 0 Å². The van der Waals surface area contributed by atoms with E-state index in [1.54, 1.807) is 0 Å². The molecule has 0 spiro atoms. The number of nitro benzene ring substituents is 1. The largest absolute Gasteiger partial charge is 0.332 e. The molecule has 0 aliphatic heterocycles. The maximum absolute atomic E-state index is 13.8. The van der Waals surface area contributed by atoms with Gasteiger partial charge in [0, 0.05) is 30.1 Å². The van der Waals surface area contributed by atoms with E-state index in [1.165, 1.54) is 36.5 Å². The summed E-state index contributed by atoms with van der Waals surface area (Å²) in [4.78, 5) is 10.1. The lowest BCUT2D eigenvalue weighted by Gasteiger charge is -2.09. The number of thiocarbonyl (C=S) groups is 1. The highest BCUT2D eigenvalue weighted by molar-refractivity contribution is 7.80. The van der Waals surface area contributed by atoms with Crippen LogP contribution in [0.25, 0.3) is 0 Å². The SMILES string of the molecule is O=[N+]([O-])c1ccc(NC(=S)Nc2ccn(Cc3c(F)c(F)c(F)c(F)c3F)n2)cc1. The zero-order valence-electron chi connectivity index (χ0n) is 14.6. The summed E-state index contributed by atoms with van der Waals surface area (Å²) in [7, 11) is 0. The van der Waals surface area contributed by atoms with Crippen molar-refractivity contribution in [2.75, 3.05) is 10.6 Å². The van der Waals surface area contributed by atoms with Gasteiger partial charge in [0.15, 0.2) is 34.2 Å². The van der Waals surface area contributed by atoms with Gasteiger partial charge < -0.3 is 10.6 Å². The average molecular weight is 443 g/mol. The zero-order chi connectivity index (χ0) is 22.0.